The van der Waals surface area contributed by atoms with E-state index in [2.05, 4.69) is 25.3 Å². The standard InChI is InChI=1S/C13H24N2O4Si/c1-6-7-8-20(4,5)15-12(18)11(14-9(2)16)13(15)19-10(3)17/h11,13H,6-8H2,1-5H3,(H,14,16)/t11-,13+/m1/s1. The molecule has 0 saturated carbocycles. The van der Waals surface area contributed by atoms with Gasteiger partial charge in [0.25, 0.3) is 0 Å². The summed E-state index contributed by atoms with van der Waals surface area (Å²) in [6.07, 6.45) is 1.45. The first-order valence-electron chi connectivity index (χ1n) is 6.98. The van der Waals surface area contributed by atoms with E-state index in [1.165, 1.54) is 13.8 Å². The van der Waals surface area contributed by atoms with Gasteiger partial charge in [-0.3, -0.25) is 14.4 Å². The molecule has 1 rings (SSSR count). The first kappa shape index (κ1) is 16.7. The molecule has 0 aromatic heterocycles. The highest BCUT2D eigenvalue weighted by Gasteiger charge is 2.55. The first-order chi connectivity index (χ1) is 9.20. The topological polar surface area (TPSA) is 75.7 Å². The second-order valence-electron chi connectivity index (χ2n) is 5.80. The van der Waals surface area contributed by atoms with Gasteiger partial charge in [-0.25, -0.2) is 0 Å². The monoisotopic (exact) mass is 300 g/mol. The van der Waals surface area contributed by atoms with Gasteiger partial charge in [-0.15, -0.1) is 0 Å². The lowest BCUT2D eigenvalue weighted by Gasteiger charge is -2.53. The van der Waals surface area contributed by atoms with Gasteiger partial charge in [0.15, 0.2) is 20.5 Å². The molecule has 1 aliphatic heterocycles. The van der Waals surface area contributed by atoms with Crippen LogP contribution in [0.4, 0.5) is 0 Å². The molecule has 114 valence electrons. The number of hydrogen-bond acceptors (Lipinski definition) is 4. The van der Waals surface area contributed by atoms with E-state index in [-0.39, 0.29) is 11.8 Å². The highest BCUT2D eigenvalue weighted by molar-refractivity contribution is 6.77. The molecule has 0 aliphatic carbocycles. The zero-order chi connectivity index (χ0) is 15.5. The molecule has 2 amide bonds. The molecule has 2 atom stereocenters. The molecule has 0 unspecified atom stereocenters. The van der Waals surface area contributed by atoms with Crippen LogP contribution in [0.5, 0.6) is 0 Å². The predicted molar refractivity (Wildman–Crippen MR) is 77.2 cm³/mol. The second-order valence-corrected chi connectivity index (χ2v) is 10.4. The molecule has 0 bridgehead atoms. The fourth-order valence-electron chi connectivity index (χ4n) is 2.48. The number of nitrogens with zero attached hydrogens (tertiary/aromatic N) is 1. The van der Waals surface area contributed by atoms with Crippen LogP contribution in [-0.2, 0) is 19.1 Å². The Labute approximate surface area is 120 Å². The summed E-state index contributed by atoms with van der Waals surface area (Å²) in [6, 6.07) is 0.226. The Balaban J connectivity index is 2.86. The average Bonchev–Trinajstić information content (AvgIpc) is 2.32. The Bertz CT molecular complexity index is 411. The number of hydrogen-bond donors (Lipinski definition) is 1. The third-order valence-corrected chi connectivity index (χ3v) is 6.84. The van der Waals surface area contributed by atoms with Gasteiger partial charge in [0, 0.05) is 13.8 Å². The van der Waals surface area contributed by atoms with Crippen molar-refractivity contribution in [2.75, 3.05) is 0 Å². The molecule has 20 heavy (non-hydrogen) atoms. The number of carbonyl (C=O) groups is 3. The minimum atomic E-state index is -1.97. The SMILES string of the molecule is CCCC[Si](C)(C)N1C(=O)[C@@H](NC(C)=O)[C@@H]1OC(C)=O. The van der Waals surface area contributed by atoms with E-state index in [0.29, 0.717) is 0 Å². The Kier molecular flexibility index (Phi) is 5.32. The summed E-state index contributed by atoms with van der Waals surface area (Å²) < 4.78 is 6.93. The lowest BCUT2D eigenvalue weighted by atomic mass is 10.1. The zero-order valence-electron chi connectivity index (χ0n) is 12.9. The maximum atomic E-state index is 12.3. The molecular weight excluding hydrogens is 276 g/mol. The van der Waals surface area contributed by atoms with E-state index >= 15 is 0 Å². The maximum Gasteiger partial charge on any atom is 0.304 e. The van der Waals surface area contributed by atoms with Gasteiger partial charge in [-0.2, -0.15) is 0 Å². The van der Waals surface area contributed by atoms with Crippen LogP contribution < -0.4 is 5.32 Å². The van der Waals surface area contributed by atoms with Crippen molar-refractivity contribution in [2.24, 2.45) is 0 Å². The highest BCUT2D eigenvalue weighted by Crippen LogP contribution is 2.31. The van der Waals surface area contributed by atoms with Crippen molar-refractivity contribution >= 4 is 26.0 Å². The lowest BCUT2D eigenvalue weighted by molar-refractivity contribution is -0.179. The van der Waals surface area contributed by atoms with Gasteiger partial charge >= 0.3 is 5.97 Å². The minimum absolute atomic E-state index is 0.140. The molecule has 0 radical (unpaired) electrons. The number of ether oxygens (including phenoxy) is 1. The van der Waals surface area contributed by atoms with Crippen molar-refractivity contribution in [1.82, 2.24) is 9.88 Å². The molecule has 0 spiro atoms. The van der Waals surface area contributed by atoms with Crippen LogP contribution in [0.25, 0.3) is 0 Å². The number of carbonyl (C=O) groups excluding carboxylic acids is 3. The van der Waals surface area contributed by atoms with Crippen LogP contribution in [0.3, 0.4) is 0 Å². The van der Waals surface area contributed by atoms with E-state index in [1.54, 1.807) is 4.57 Å². The minimum Gasteiger partial charge on any atom is -0.440 e. The molecule has 7 heteroatoms. The number of β-lactam (4-membered cyclic amide) rings is 1. The summed E-state index contributed by atoms with van der Waals surface area (Å²) in [5.41, 5.74) is 0. The molecule has 0 aromatic carbocycles. The smallest absolute Gasteiger partial charge is 0.304 e. The summed E-state index contributed by atoms with van der Waals surface area (Å²) in [4.78, 5) is 34.6. The van der Waals surface area contributed by atoms with Gasteiger partial charge in [-0.05, 0) is 6.04 Å². The Hall–Kier alpha value is -1.37. The van der Waals surface area contributed by atoms with Crippen molar-refractivity contribution in [1.29, 1.82) is 0 Å². The molecule has 1 aliphatic rings. The Morgan fingerprint density at radius 1 is 1.35 bits per heavy atom. The van der Waals surface area contributed by atoms with Gasteiger partial charge in [0.2, 0.25) is 11.8 Å². The van der Waals surface area contributed by atoms with E-state index < -0.39 is 26.5 Å². The van der Waals surface area contributed by atoms with Crippen molar-refractivity contribution in [3.05, 3.63) is 0 Å². The molecule has 0 aromatic rings. The largest absolute Gasteiger partial charge is 0.440 e. The van der Waals surface area contributed by atoms with Crippen molar-refractivity contribution in [3.63, 3.8) is 0 Å². The molecule has 1 saturated heterocycles. The van der Waals surface area contributed by atoms with Gasteiger partial charge in [-0.1, -0.05) is 32.9 Å². The van der Waals surface area contributed by atoms with Crippen LogP contribution in [0, 0.1) is 0 Å². The summed E-state index contributed by atoms with van der Waals surface area (Å²) in [7, 11) is -1.97. The zero-order valence-corrected chi connectivity index (χ0v) is 13.9. The van der Waals surface area contributed by atoms with E-state index in [9.17, 15) is 14.4 Å². The normalized spacial score (nSPS) is 22.2. The lowest BCUT2D eigenvalue weighted by Crippen LogP contribution is -2.77. The summed E-state index contributed by atoms with van der Waals surface area (Å²) in [6.45, 7) is 8.93. The van der Waals surface area contributed by atoms with Crippen LogP contribution in [0.2, 0.25) is 19.1 Å². The number of amides is 2. The molecule has 1 N–H and O–H groups in total. The molecule has 1 heterocycles. The van der Waals surface area contributed by atoms with E-state index in [4.69, 9.17) is 4.74 Å². The van der Waals surface area contributed by atoms with Crippen LogP contribution in [-0.4, -0.2) is 42.9 Å². The van der Waals surface area contributed by atoms with Crippen molar-refractivity contribution < 1.29 is 19.1 Å². The molecular formula is C13H24N2O4Si. The maximum absolute atomic E-state index is 12.3. The predicted octanol–water partition coefficient (Wildman–Crippen LogP) is 1.23. The first-order valence-corrected chi connectivity index (χ1v) is 10.1. The van der Waals surface area contributed by atoms with Gasteiger partial charge in [0.05, 0.1) is 0 Å². The Morgan fingerprint density at radius 2 is 1.95 bits per heavy atom. The van der Waals surface area contributed by atoms with Crippen LogP contribution in [0.15, 0.2) is 0 Å². The van der Waals surface area contributed by atoms with Crippen LogP contribution in [0.1, 0.15) is 33.6 Å². The van der Waals surface area contributed by atoms with E-state index in [0.717, 1.165) is 18.9 Å². The number of nitrogens with one attached hydrogen (secondary N) is 1. The third-order valence-electron chi connectivity index (χ3n) is 3.48. The number of unbranched alkanes of at least 4 members (excludes halogenated alkanes) is 1. The Morgan fingerprint density at radius 3 is 2.40 bits per heavy atom. The van der Waals surface area contributed by atoms with Gasteiger partial charge < -0.3 is 14.6 Å². The summed E-state index contributed by atoms with van der Waals surface area (Å²) in [5.74, 6) is -0.879. The molecule has 6 nitrogen and oxygen atoms in total. The van der Waals surface area contributed by atoms with Crippen molar-refractivity contribution in [3.8, 4) is 0 Å². The third kappa shape index (κ3) is 3.59. The van der Waals surface area contributed by atoms with Crippen molar-refractivity contribution in [2.45, 2.75) is 65.0 Å². The highest BCUT2D eigenvalue weighted by atomic mass is 28.3. The number of esters is 1. The van der Waals surface area contributed by atoms with E-state index in [1.807, 2.05) is 0 Å². The quantitative estimate of drug-likeness (QED) is 0.455. The fraction of sp³-hybridized carbons (Fsp3) is 0.769. The number of rotatable bonds is 6. The molecule has 1 fully saturated rings. The fourth-order valence-corrected chi connectivity index (χ4v) is 5.57. The summed E-state index contributed by atoms with van der Waals surface area (Å²) in [5, 5.41) is 2.56. The van der Waals surface area contributed by atoms with Gasteiger partial charge in [0.1, 0.15) is 0 Å². The summed E-state index contributed by atoms with van der Waals surface area (Å²) >= 11 is 0. The van der Waals surface area contributed by atoms with Crippen LogP contribution >= 0.6 is 0 Å². The average molecular weight is 300 g/mol. The second kappa shape index (κ2) is 6.38.